The maximum absolute atomic E-state index is 11.1. The van der Waals surface area contributed by atoms with Crippen molar-refractivity contribution in [3.63, 3.8) is 0 Å². The van der Waals surface area contributed by atoms with Gasteiger partial charge in [0, 0.05) is 5.56 Å². The van der Waals surface area contributed by atoms with Crippen molar-refractivity contribution in [2.45, 2.75) is 0 Å². The van der Waals surface area contributed by atoms with Crippen molar-refractivity contribution in [1.29, 1.82) is 0 Å². The van der Waals surface area contributed by atoms with Gasteiger partial charge in [-0.15, -0.1) is 0 Å². The number of amides is 1. The Bertz CT molecular complexity index is 357. The number of fused-ring (bicyclic) bond motifs is 1. The van der Waals surface area contributed by atoms with Crippen LogP contribution in [0, 0.1) is 0 Å². The molecular formula is C8H4BrNO. The second-order valence-electron chi connectivity index (χ2n) is 2.25. The van der Waals surface area contributed by atoms with Crippen molar-refractivity contribution >= 4 is 26.5 Å². The fourth-order valence-corrected chi connectivity index (χ4v) is 1.57. The normalized spacial score (nSPS) is 14.6. The van der Waals surface area contributed by atoms with E-state index < -0.39 is 0 Å². The molecule has 0 radical (unpaired) electrons. The molecule has 1 aliphatic heterocycles. The molecule has 0 spiro atoms. The van der Waals surface area contributed by atoms with Crippen molar-refractivity contribution in [2.75, 3.05) is 0 Å². The summed E-state index contributed by atoms with van der Waals surface area (Å²) in [5.74, 6) is -0.160. The van der Waals surface area contributed by atoms with Gasteiger partial charge in [0.05, 0.1) is 5.56 Å². The molecule has 2 nitrogen and oxygen atoms in total. The Morgan fingerprint density at radius 2 is 1.82 bits per heavy atom. The van der Waals surface area contributed by atoms with Gasteiger partial charge >= 0.3 is 0 Å². The van der Waals surface area contributed by atoms with E-state index in [4.69, 9.17) is 0 Å². The summed E-state index contributed by atoms with van der Waals surface area (Å²) >= 11 is 3.21. The van der Waals surface area contributed by atoms with Crippen molar-refractivity contribution in [3.05, 3.63) is 35.4 Å². The Labute approximate surface area is 72.1 Å². The van der Waals surface area contributed by atoms with E-state index in [0.29, 0.717) is 10.2 Å². The molecule has 0 saturated heterocycles. The quantitative estimate of drug-likeness (QED) is 0.643. The number of hydrogen-bond donors (Lipinski definition) is 0. The summed E-state index contributed by atoms with van der Waals surface area (Å²) < 4.78 is 0.637. The van der Waals surface area contributed by atoms with Gasteiger partial charge in [-0.25, -0.2) is 4.99 Å². The van der Waals surface area contributed by atoms with Crippen LogP contribution in [0.25, 0.3) is 0 Å². The number of halogens is 1. The fraction of sp³-hybridized carbons (Fsp3) is 0. The number of carbonyl (C=O) groups is 1. The lowest BCUT2D eigenvalue weighted by Crippen LogP contribution is -1.90. The van der Waals surface area contributed by atoms with Crippen LogP contribution in [-0.2, 0) is 0 Å². The average molecular weight is 210 g/mol. The van der Waals surface area contributed by atoms with E-state index in [0.717, 1.165) is 5.56 Å². The molecule has 0 saturated carbocycles. The first kappa shape index (κ1) is 6.73. The van der Waals surface area contributed by atoms with Gasteiger partial charge in [0.1, 0.15) is 4.62 Å². The van der Waals surface area contributed by atoms with Crippen LogP contribution in [0.4, 0.5) is 0 Å². The largest absolute Gasteiger partial charge is 0.278 e. The van der Waals surface area contributed by atoms with E-state index in [1.165, 1.54) is 0 Å². The summed E-state index contributed by atoms with van der Waals surface area (Å²) in [5.41, 5.74) is 1.57. The summed E-state index contributed by atoms with van der Waals surface area (Å²) in [6.45, 7) is 0. The van der Waals surface area contributed by atoms with Gasteiger partial charge in [-0.05, 0) is 22.0 Å². The van der Waals surface area contributed by atoms with Gasteiger partial charge in [0.25, 0.3) is 5.91 Å². The van der Waals surface area contributed by atoms with Gasteiger partial charge < -0.3 is 0 Å². The van der Waals surface area contributed by atoms with Gasteiger partial charge in [-0.2, -0.15) is 0 Å². The van der Waals surface area contributed by atoms with Crippen LogP contribution in [-0.4, -0.2) is 10.5 Å². The molecule has 1 aliphatic rings. The molecule has 54 valence electrons. The number of hydrogen-bond acceptors (Lipinski definition) is 1. The summed E-state index contributed by atoms with van der Waals surface area (Å²) in [7, 11) is 0. The second-order valence-corrected chi connectivity index (χ2v) is 3.00. The Morgan fingerprint density at radius 3 is 2.45 bits per heavy atom. The van der Waals surface area contributed by atoms with Crippen LogP contribution in [0.5, 0.6) is 0 Å². The molecule has 1 amide bonds. The summed E-state index contributed by atoms with van der Waals surface area (Å²) in [6.07, 6.45) is 0. The summed E-state index contributed by atoms with van der Waals surface area (Å²) in [4.78, 5) is 14.8. The number of rotatable bonds is 0. The fourth-order valence-electron chi connectivity index (χ4n) is 1.06. The maximum Gasteiger partial charge on any atom is 0.278 e. The highest BCUT2D eigenvalue weighted by Gasteiger charge is 2.19. The SMILES string of the molecule is O=C1N=C(Br)c2ccccc21. The third-order valence-corrected chi connectivity index (χ3v) is 2.18. The minimum Gasteiger partial charge on any atom is -0.267 e. The van der Waals surface area contributed by atoms with E-state index in [1.54, 1.807) is 6.07 Å². The molecule has 1 aromatic carbocycles. The van der Waals surface area contributed by atoms with Crippen molar-refractivity contribution in [3.8, 4) is 0 Å². The van der Waals surface area contributed by atoms with Crippen LogP contribution in [0.2, 0.25) is 0 Å². The first-order chi connectivity index (χ1) is 5.29. The minimum absolute atomic E-state index is 0.160. The number of aliphatic imine (C=N–C) groups is 1. The Kier molecular flexibility index (Phi) is 1.39. The molecule has 3 heteroatoms. The van der Waals surface area contributed by atoms with Crippen LogP contribution in [0.15, 0.2) is 29.3 Å². The van der Waals surface area contributed by atoms with Crippen molar-refractivity contribution in [2.24, 2.45) is 4.99 Å². The molecule has 0 N–H and O–H groups in total. The molecule has 0 atom stereocenters. The molecule has 0 unspecified atom stereocenters. The standard InChI is InChI=1S/C8H4BrNO/c9-7-5-3-1-2-4-6(5)8(11)10-7/h1-4H. The van der Waals surface area contributed by atoms with Crippen molar-refractivity contribution in [1.82, 2.24) is 0 Å². The molecule has 0 fully saturated rings. The van der Waals surface area contributed by atoms with Gasteiger partial charge in [-0.3, -0.25) is 4.79 Å². The number of nitrogens with zero attached hydrogens (tertiary/aromatic N) is 1. The van der Waals surface area contributed by atoms with Gasteiger partial charge in [0.15, 0.2) is 0 Å². The Balaban J connectivity index is 2.71. The van der Waals surface area contributed by atoms with Gasteiger partial charge in [0.2, 0.25) is 0 Å². The topological polar surface area (TPSA) is 29.4 Å². The molecule has 0 bridgehead atoms. The monoisotopic (exact) mass is 209 g/mol. The average Bonchev–Trinajstić information content (AvgIpc) is 2.30. The van der Waals surface area contributed by atoms with E-state index in [-0.39, 0.29) is 5.91 Å². The van der Waals surface area contributed by atoms with E-state index in [1.807, 2.05) is 18.2 Å². The van der Waals surface area contributed by atoms with Gasteiger partial charge in [-0.1, -0.05) is 18.2 Å². The highest BCUT2D eigenvalue weighted by atomic mass is 79.9. The molecule has 0 aromatic heterocycles. The highest BCUT2D eigenvalue weighted by Crippen LogP contribution is 2.20. The maximum atomic E-state index is 11.1. The van der Waals surface area contributed by atoms with Crippen molar-refractivity contribution < 1.29 is 4.79 Å². The molecule has 11 heavy (non-hydrogen) atoms. The minimum atomic E-state index is -0.160. The molecule has 0 aliphatic carbocycles. The molecule has 1 heterocycles. The van der Waals surface area contributed by atoms with Crippen LogP contribution < -0.4 is 0 Å². The third kappa shape index (κ3) is 0.922. The lowest BCUT2D eigenvalue weighted by Gasteiger charge is -1.92. The lowest BCUT2D eigenvalue weighted by molar-refractivity contribution is 0.101. The first-order valence-electron chi connectivity index (χ1n) is 3.17. The third-order valence-electron chi connectivity index (χ3n) is 1.58. The highest BCUT2D eigenvalue weighted by molar-refractivity contribution is 9.18. The second kappa shape index (κ2) is 2.27. The van der Waals surface area contributed by atoms with E-state index in [2.05, 4.69) is 20.9 Å². The predicted octanol–water partition coefficient (Wildman–Crippen LogP) is 1.98. The zero-order valence-corrected chi connectivity index (χ0v) is 7.13. The lowest BCUT2D eigenvalue weighted by atomic mass is 10.1. The predicted molar refractivity (Wildman–Crippen MR) is 46.2 cm³/mol. The molecule has 2 rings (SSSR count). The summed E-state index contributed by atoms with van der Waals surface area (Å²) in [6, 6.07) is 7.36. The van der Waals surface area contributed by atoms with E-state index in [9.17, 15) is 4.79 Å². The first-order valence-corrected chi connectivity index (χ1v) is 3.96. The Morgan fingerprint density at radius 1 is 1.18 bits per heavy atom. The van der Waals surface area contributed by atoms with E-state index >= 15 is 0 Å². The van der Waals surface area contributed by atoms with Crippen LogP contribution in [0.1, 0.15) is 15.9 Å². The number of benzene rings is 1. The smallest absolute Gasteiger partial charge is 0.267 e. The zero-order chi connectivity index (χ0) is 7.84. The zero-order valence-electron chi connectivity index (χ0n) is 5.54. The number of carbonyl (C=O) groups excluding carboxylic acids is 1. The Hall–Kier alpha value is -0.960. The van der Waals surface area contributed by atoms with Crippen LogP contribution in [0.3, 0.4) is 0 Å². The molecular weight excluding hydrogens is 206 g/mol. The van der Waals surface area contributed by atoms with Crippen LogP contribution >= 0.6 is 15.9 Å². The molecule has 1 aromatic rings. The summed E-state index contributed by atoms with van der Waals surface area (Å²) in [5, 5.41) is 0.